The van der Waals surface area contributed by atoms with Crippen LogP contribution in [0, 0.1) is 6.92 Å². The Labute approximate surface area is 129 Å². The first-order valence-corrected chi connectivity index (χ1v) is 7.57. The number of halogens is 1. The molecule has 2 atom stereocenters. The van der Waals surface area contributed by atoms with Crippen molar-refractivity contribution in [2.75, 3.05) is 25.1 Å². The Hall–Kier alpha value is -1.76. The molecule has 1 aromatic heterocycles. The Balaban J connectivity index is 1.68. The molecule has 1 amide bonds. The van der Waals surface area contributed by atoms with Crippen molar-refractivity contribution in [3.63, 3.8) is 0 Å². The molecular formula is C15H21FN4O2. The van der Waals surface area contributed by atoms with Gasteiger partial charge in [0.2, 0.25) is 0 Å². The smallest absolute Gasteiger partial charge is 0.257 e. The number of anilines is 1. The number of nitrogens with one attached hydrogen (secondary N) is 1. The van der Waals surface area contributed by atoms with E-state index in [1.807, 2.05) is 13.0 Å². The van der Waals surface area contributed by atoms with Gasteiger partial charge in [0, 0.05) is 32.0 Å². The van der Waals surface area contributed by atoms with E-state index in [-0.39, 0.29) is 12.1 Å². The molecule has 3 rings (SSSR count). The van der Waals surface area contributed by atoms with E-state index in [2.05, 4.69) is 20.2 Å². The van der Waals surface area contributed by atoms with Crippen LogP contribution in [0.1, 0.15) is 25.0 Å². The van der Waals surface area contributed by atoms with Gasteiger partial charge in [-0.3, -0.25) is 4.79 Å². The van der Waals surface area contributed by atoms with Gasteiger partial charge in [-0.1, -0.05) is 0 Å². The minimum Gasteiger partial charge on any atom is -0.380 e. The summed E-state index contributed by atoms with van der Waals surface area (Å²) in [6.07, 6.45) is 3.05. The van der Waals surface area contributed by atoms with Crippen LogP contribution < -0.4 is 10.2 Å². The summed E-state index contributed by atoms with van der Waals surface area (Å²) in [7, 11) is 1.68. The van der Waals surface area contributed by atoms with Crippen LogP contribution >= 0.6 is 0 Å². The molecule has 6 nitrogen and oxygen atoms in total. The zero-order valence-corrected chi connectivity index (χ0v) is 12.9. The molecular weight excluding hydrogens is 287 g/mol. The third kappa shape index (κ3) is 3.04. The van der Waals surface area contributed by atoms with E-state index in [1.165, 1.54) is 6.33 Å². The summed E-state index contributed by atoms with van der Waals surface area (Å²) in [6.45, 7) is 3.01. The van der Waals surface area contributed by atoms with Crippen molar-refractivity contribution in [1.29, 1.82) is 0 Å². The molecule has 2 heterocycles. The highest BCUT2D eigenvalue weighted by atomic mass is 19.1. The Morgan fingerprint density at radius 1 is 1.55 bits per heavy atom. The minimum atomic E-state index is -1.63. The molecule has 1 aromatic rings. The van der Waals surface area contributed by atoms with Gasteiger partial charge in [0.05, 0.1) is 12.1 Å². The van der Waals surface area contributed by atoms with E-state index in [9.17, 15) is 9.18 Å². The molecule has 0 aromatic carbocycles. The second-order valence-electron chi connectivity index (χ2n) is 6.09. The monoisotopic (exact) mass is 308 g/mol. The molecule has 1 saturated carbocycles. The van der Waals surface area contributed by atoms with Crippen molar-refractivity contribution in [3.8, 4) is 0 Å². The lowest BCUT2D eigenvalue weighted by molar-refractivity contribution is -0.127. The van der Waals surface area contributed by atoms with E-state index >= 15 is 0 Å². The maximum absolute atomic E-state index is 13.7. The number of nitrogens with zero attached hydrogens (tertiary/aromatic N) is 3. The first-order valence-electron chi connectivity index (χ1n) is 7.57. The van der Waals surface area contributed by atoms with Gasteiger partial charge in [-0.2, -0.15) is 0 Å². The lowest BCUT2D eigenvalue weighted by atomic mass is 10.2. The minimum absolute atomic E-state index is 0.0468. The number of ether oxygens (including phenoxy) is 1. The van der Waals surface area contributed by atoms with Gasteiger partial charge in [0.25, 0.3) is 5.91 Å². The largest absolute Gasteiger partial charge is 0.380 e. The molecule has 22 heavy (non-hydrogen) atoms. The average Bonchev–Trinajstić information content (AvgIpc) is 3.13. The van der Waals surface area contributed by atoms with Gasteiger partial charge in [-0.05, 0) is 26.2 Å². The number of amides is 1. The van der Waals surface area contributed by atoms with Crippen molar-refractivity contribution in [3.05, 3.63) is 18.1 Å². The number of alkyl halides is 1. The topological polar surface area (TPSA) is 67.3 Å². The molecule has 7 heteroatoms. The molecule has 2 fully saturated rings. The normalized spacial score (nSPS) is 26.0. The van der Waals surface area contributed by atoms with Crippen molar-refractivity contribution < 1.29 is 13.9 Å². The molecule has 0 bridgehead atoms. The molecule has 1 saturated heterocycles. The van der Waals surface area contributed by atoms with E-state index in [0.717, 1.165) is 17.9 Å². The van der Waals surface area contributed by atoms with Gasteiger partial charge < -0.3 is 15.0 Å². The number of hydrogen-bond acceptors (Lipinski definition) is 5. The predicted octanol–water partition coefficient (Wildman–Crippen LogP) is 0.997. The fraction of sp³-hybridized carbons (Fsp3) is 0.667. The Kier molecular flexibility index (Phi) is 3.99. The summed E-state index contributed by atoms with van der Waals surface area (Å²) >= 11 is 0. The summed E-state index contributed by atoms with van der Waals surface area (Å²) in [5.41, 5.74) is -0.746. The number of aryl methyl sites for hydroxylation is 1. The molecule has 0 radical (unpaired) electrons. The van der Waals surface area contributed by atoms with Crippen LogP contribution in [0.2, 0.25) is 0 Å². The first kappa shape index (κ1) is 15.1. The predicted molar refractivity (Wildman–Crippen MR) is 79.4 cm³/mol. The summed E-state index contributed by atoms with van der Waals surface area (Å²) < 4.78 is 19.2. The maximum atomic E-state index is 13.7. The van der Waals surface area contributed by atoms with E-state index in [0.29, 0.717) is 25.9 Å². The van der Waals surface area contributed by atoms with Gasteiger partial charge in [0.1, 0.15) is 12.1 Å². The standard InChI is InChI=1S/C15H21FN4O2/c1-10-5-13(19-9-18-10)20-8-12(22-2)6-11(20)7-17-14(21)15(16)3-4-15/h5,9,11-12H,3-4,6-8H2,1-2H3,(H,17,21)/t11-,12-/m0/s1. The molecule has 0 spiro atoms. The summed E-state index contributed by atoms with van der Waals surface area (Å²) in [5.74, 6) is 0.319. The molecule has 2 aliphatic rings. The second kappa shape index (κ2) is 5.79. The van der Waals surface area contributed by atoms with Crippen LogP contribution in [0.25, 0.3) is 0 Å². The molecule has 1 aliphatic carbocycles. The summed E-state index contributed by atoms with van der Waals surface area (Å²) in [4.78, 5) is 22.3. The van der Waals surface area contributed by atoms with E-state index in [1.54, 1.807) is 7.11 Å². The summed E-state index contributed by atoms with van der Waals surface area (Å²) in [5, 5.41) is 2.73. The highest BCUT2D eigenvalue weighted by Gasteiger charge is 2.51. The van der Waals surface area contributed by atoms with Gasteiger partial charge in [0.15, 0.2) is 5.67 Å². The van der Waals surface area contributed by atoms with E-state index in [4.69, 9.17) is 4.74 Å². The summed E-state index contributed by atoms with van der Waals surface area (Å²) in [6, 6.07) is 1.95. The van der Waals surface area contributed by atoms with Gasteiger partial charge in [-0.25, -0.2) is 14.4 Å². The third-order valence-corrected chi connectivity index (χ3v) is 4.39. The molecule has 0 unspecified atom stereocenters. The Morgan fingerprint density at radius 3 is 2.95 bits per heavy atom. The lowest BCUT2D eigenvalue weighted by Crippen LogP contribution is -2.43. The third-order valence-electron chi connectivity index (χ3n) is 4.39. The molecule has 1 N–H and O–H groups in total. The number of methoxy groups -OCH3 is 1. The van der Waals surface area contributed by atoms with Crippen LogP contribution in [0.3, 0.4) is 0 Å². The number of hydrogen-bond donors (Lipinski definition) is 1. The fourth-order valence-corrected chi connectivity index (χ4v) is 2.82. The number of carbonyl (C=O) groups excluding carboxylic acids is 1. The number of carbonyl (C=O) groups is 1. The Morgan fingerprint density at radius 2 is 2.32 bits per heavy atom. The quantitative estimate of drug-likeness (QED) is 0.879. The zero-order chi connectivity index (χ0) is 15.7. The van der Waals surface area contributed by atoms with Gasteiger partial charge in [-0.15, -0.1) is 0 Å². The highest BCUT2D eigenvalue weighted by Crippen LogP contribution is 2.39. The number of rotatable bonds is 5. The Bertz CT molecular complexity index is 564. The van der Waals surface area contributed by atoms with Crippen molar-refractivity contribution >= 4 is 11.7 Å². The first-order chi connectivity index (χ1) is 10.5. The molecule has 120 valence electrons. The van der Waals surface area contributed by atoms with Crippen molar-refractivity contribution in [1.82, 2.24) is 15.3 Å². The molecule has 1 aliphatic heterocycles. The van der Waals surface area contributed by atoms with Crippen LogP contribution in [0.15, 0.2) is 12.4 Å². The van der Waals surface area contributed by atoms with Crippen LogP contribution in [-0.2, 0) is 9.53 Å². The van der Waals surface area contributed by atoms with Crippen LogP contribution in [0.4, 0.5) is 10.2 Å². The fourth-order valence-electron chi connectivity index (χ4n) is 2.82. The lowest BCUT2D eigenvalue weighted by Gasteiger charge is -2.26. The van der Waals surface area contributed by atoms with E-state index < -0.39 is 11.6 Å². The number of aromatic nitrogens is 2. The maximum Gasteiger partial charge on any atom is 0.257 e. The van der Waals surface area contributed by atoms with Crippen LogP contribution in [-0.4, -0.2) is 53.9 Å². The average molecular weight is 308 g/mol. The highest BCUT2D eigenvalue weighted by molar-refractivity contribution is 5.87. The van der Waals surface area contributed by atoms with Crippen molar-refractivity contribution in [2.24, 2.45) is 0 Å². The van der Waals surface area contributed by atoms with Crippen molar-refractivity contribution in [2.45, 2.75) is 44.0 Å². The second-order valence-corrected chi connectivity index (χ2v) is 6.09. The zero-order valence-electron chi connectivity index (χ0n) is 12.9. The van der Waals surface area contributed by atoms with Gasteiger partial charge >= 0.3 is 0 Å². The SMILES string of the molecule is CO[C@H]1C[C@@H](CNC(=O)C2(F)CC2)N(c2cc(C)ncn2)C1. The van der Waals surface area contributed by atoms with Crippen LogP contribution in [0.5, 0.6) is 0 Å².